The Labute approximate surface area is 186 Å². The van der Waals surface area contributed by atoms with Crippen LogP contribution in [-0.4, -0.2) is 48.8 Å². The molecule has 0 aliphatic carbocycles. The molecule has 12 heteroatoms. The van der Waals surface area contributed by atoms with Gasteiger partial charge in [0.1, 0.15) is 11.5 Å². The third kappa shape index (κ3) is 4.82. The number of nitrogens with zero attached hydrogens (tertiary/aromatic N) is 2. The quantitative estimate of drug-likeness (QED) is 0.575. The molecule has 2 aliphatic rings. The Morgan fingerprint density at radius 1 is 0.939 bits per heavy atom. The summed E-state index contributed by atoms with van der Waals surface area (Å²) in [5.74, 6) is 0.752. The summed E-state index contributed by atoms with van der Waals surface area (Å²) in [5.41, 5.74) is -4.35. The molecule has 0 bridgehead atoms. The third-order valence-electron chi connectivity index (χ3n) is 5.94. The Bertz CT molecular complexity index is 1120. The zero-order valence-corrected chi connectivity index (χ0v) is 18.0. The Balaban J connectivity index is 1.45. The van der Waals surface area contributed by atoms with Crippen LogP contribution in [0.4, 0.5) is 26.3 Å². The van der Waals surface area contributed by atoms with Gasteiger partial charge in [0.05, 0.1) is 5.56 Å². The number of rotatable bonds is 4. The van der Waals surface area contributed by atoms with Gasteiger partial charge in [0.25, 0.3) is 0 Å². The molecular formula is C21H20F6N2O3S. The lowest BCUT2D eigenvalue weighted by atomic mass is 9.97. The van der Waals surface area contributed by atoms with Crippen molar-refractivity contribution in [1.29, 1.82) is 0 Å². The number of fused-ring (bicyclic) bond motifs is 1. The molecule has 4 rings (SSSR count). The molecule has 5 nitrogen and oxygen atoms in total. The van der Waals surface area contributed by atoms with Crippen LogP contribution in [0.1, 0.15) is 23.1 Å². The second-order valence-electron chi connectivity index (χ2n) is 7.99. The van der Waals surface area contributed by atoms with E-state index in [0.29, 0.717) is 36.0 Å². The normalized spacial score (nSPS) is 20.6. The van der Waals surface area contributed by atoms with Gasteiger partial charge in [0, 0.05) is 37.8 Å². The van der Waals surface area contributed by atoms with Crippen LogP contribution in [0.5, 0.6) is 11.5 Å². The van der Waals surface area contributed by atoms with E-state index in [0.717, 1.165) is 23.3 Å². The van der Waals surface area contributed by atoms with Gasteiger partial charge in [-0.3, -0.25) is 4.90 Å². The number of hydrogen-bond acceptors (Lipinski definition) is 4. The van der Waals surface area contributed by atoms with E-state index in [-0.39, 0.29) is 24.9 Å². The van der Waals surface area contributed by atoms with E-state index in [4.69, 9.17) is 4.74 Å². The molecule has 180 valence electrons. The van der Waals surface area contributed by atoms with Gasteiger partial charge in [-0.15, -0.1) is 0 Å². The lowest BCUT2D eigenvalue weighted by Crippen LogP contribution is -2.44. The van der Waals surface area contributed by atoms with E-state index < -0.39 is 27.3 Å². The first-order chi connectivity index (χ1) is 15.4. The molecule has 1 saturated heterocycles. The molecule has 2 aliphatic heterocycles. The first-order valence-electron chi connectivity index (χ1n) is 10.1. The summed E-state index contributed by atoms with van der Waals surface area (Å²) in [7, 11) is -5.35. The van der Waals surface area contributed by atoms with E-state index in [9.17, 15) is 34.8 Å². The van der Waals surface area contributed by atoms with Crippen LogP contribution >= 0.6 is 0 Å². The lowest BCUT2D eigenvalue weighted by molar-refractivity contribution is -0.137. The Morgan fingerprint density at radius 3 is 2.27 bits per heavy atom. The Hall–Kier alpha value is -2.31. The molecule has 0 saturated carbocycles. The van der Waals surface area contributed by atoms with Crippen LogP contribution in [0.3, 0.4) is 0 Å². The molecule has 1 fully saturated rings. The molecule has 0 aromatic heterocycles. The maximum Gasteiger partial charge on any atom is 0.511 e. The second kappa shape index (κ2) is 8.48. The number of halogens is 6. The molecule has 33 heavy (non-hydrogen) atoms. The van der Waals surface area contributed by atoms with Gasteiger partial charge in [0.15, 0.2) is 0 Å². The SMILES string of the molecule is O=S(=O)(N1CCC(N2CCc3c(cccc3Oc3ccc(C(F)(F)F)cc3)C2)C1)C(F)(F)F. The van der Waals surface area contributed by atoms with Crippen LogP contribution in [-0.2, 0) is 29.2 Å². The minimum Gasteiger partial charge on any atom is -0.457 e. The van der Waals surface area contributed by atoms with Crippen LogP contribution in [0.2, 0.25) is 0 Å². The van der Waals surface area contributed by atoms with Crippen molar-refractivity contribution in [3.05, 3.63) is 59.2 Å². The van der Waals surface area contributed by atoms with Crippen molar-refractivity contribution in [2.24, 2.45) is 0 Å². The van der Waals surface area contributed by atoms with E-state index in [1.54, 1.807) is 12.1 Å². The largest absolute Gasteiger partial charge is 0.511 e. The number of ether oxygens (including phenoxy) is 1. The van der Waals surface area contributed by atoms with E-state index >= 15 is 0 Å². The first-order valence-corrected chi connectivity index (χ1v) is 11.6. The maximum absolute atomic E-state index is 12.8. The highest BCUT2D eigenvalue weighted by Gasteiger charge is 2.52. The molecule has 0 spiro atoms. The average molecular weight is 494 g/mol. The van der Waals surface area contributed by atoms with Gasteiger partial charge >= 0.3 is 21.7 Å². The minimum absolute atomic E-state index is 0.188. The molecule has 2 aromatic rings. The van der Waals surface area contributed by atoms with Crippen LogP contribution in [0.25, 0.3) is 0 Å². The summed E-state index contributed by atoms with van der Waals surface area (Å²) in [5, 5.41) is 0. The average Bonchev–Trinajstić information content (AvgIpc) is 3.24. The summed E-state index contributed by atoms with van der Waals surface area (Å²) in [6.45, 7) is 0.487. The van der Waals surface area contributed by atoms with Crippen molar-refractivity contribution in [3.63, 3.8) is 0 Å². The molecule has 2 heterocycles. The minimum atomic E-state index is -5.35. The highest BCUT2D eigenvalue weighted by molar-refractivity contribution is 7.90. The molecular weight excluding hydrogens is 474 g/mol. The first kappa shape index (κ1) is 23.8. The maximum atomic E-state index is 12.8. The van der Waals surface area contributed by atoms with Gasteiger partial charge in [-0.25, -0.2) is 8.42 Å². The fourth-order valence-corrected chi connectivity index (χ4v) is 5.22. The van der Waals surface area contributed by atoms with Crippen molar-refractivity contribution in [1.82, 2.24) is 9.21 Å². The fraction of sp³-hybridized carbons (Fsp3) is 0.429. The Kier molecular flexibility index (Phi) is 6.12. The van der Waals surface area contributed by atoms with Gasteiger partial charge in [-0.1, -0.05) is 12.1 Å². The summed E-state index contributed by atoms with van der Waals surface area (Å²) in [4.78, 5) is 1.95. The summed E-state index contributed by atoms with van der Waals surface area (Å²) >= 11 is 0. The van der Waals surface area contributed by atoms with Gasteiger partial charge in [-0.05, 0) is 48.7 Å². The fourth-order valence-electron chi connectivity index (χ4n) is 4.22. The van der Waals surface area contributed by atoms with Crippen molar-refractivity contribution >= 4 is 10.0 Å². The van der Waals surface area contributed by atoms with Crippen LogP contribution in [0.15, 0.2) is 42.5 Å². The highest BCUT2D eigenvalue weighted by atomic mass is 32.2. The van der Waals surface area contributed by atoms with Crippen molar-refractivity contribution in [2.45, 2.75) is 37.1 Å². The lowest BCUT2D eigenvalue weighted by Gasteiger charge is -2.34. The van der Waals surface area contributed by atoms with Gasteiger partial charge in [-0.2, -0.15) is 30.6 Å². The number of hydrogen-bond donors (Lipinski definition) is 0. The zero-order valence-electron chi connectivity index (χ0n) is 17.2. The van der Waals surface area contributed by atoms with E-state index in [1.807, 2.05) is 11.0 Å². The third-order valence-corrected chi connectivity index (χ3v) is 7.53. The summed E-state index contributed by atoms with van der Waals surface area (Å²) < 4.78 is 106. The number of alkyl halides is 6. The number of sulfonamides is 1. The van der Waals surface area contributed by atoms with Crippen molar-refractivity contribution < 1.29 is 39.5 Å². The molecule has 1 unspecified atom stereocenters. The predicted molar refractivity (Wildman–Crippen MR) is 107 cm³/mol. The molecule has 0 N–H and O–H groups in total. The summed E-state index contributed by atoms with van der Waals surface area (Å²) in [6.07, 6.45) is -3.63. The molecule has 1 atom stereocenters. The van der Waals surface area contributed by atoms with Gasteiger partial charge < -0.3 is 4.74 Å². The Morgan fingerprint density at radius 2 is 1.64 bits per heavy atom. The topological polar surface area (TPSA) is 49.9 Å². The zero-order chi connectivity index (χ0) is 24.0. The molecule has 0 radical (unpaired) electrons. The second-order valence-corrected chi connectivity index (χ2v) is 9.92. The summed E-state index contributed by atoms with van der Waals surface area (Å²) in [6, 6.07) is 9.31. The van der Waals surface area contributed by atoms with Crippen molar-refractivity contribution in [3.8, 4) is 11.5 Å². The molecule has 0 amide bonds. The predicted octanol–water partition coefficient (Wildman–Crippen LogP) is 4.78. The smallest absolute Gasteiger partial charge is 0.457 e. The molecule has 2 aromatic carbocycles. The van der Waals surface area contributed by atoms with E-state index in [2.05, 4.69) is 0 Å². The standard InChI is InChI=1S/C21H20F6N2O3S/c22-20(23,24)15-4-6-17(7-5-15)32-19-3-1-2-14-12-28(10-9-18(14)19)16-8-11-29(13-16)33(30,31)21(25,26)27/h1-7,16H,8-13H2. The van der Waals surface area contributed by atoms with Crippen molar-refractivity contribution in [2.75, 3.05) is 19.6 Å². The van der Waals surface area contributed by atoms with Crippen LogP contribution < -0.4 is 4.74 Å². The van der Waals surface area contributed by atoms with E-state index in [1.165, 1.54) is 12.1 Å². The van der Waals surface area contributed by atoms with Crippen LogP contribution in [0, 0.1) is 0 Å². The van der Waals surface area contributed by atoms with Gasteiger partial charge in [0.2, 0.25) is 0 Å². The highest BCUT2D eigenvalue weighted by Crippen LogP contribution is 2.36. The monoisotopic (exact) mass is 494 g/mol. The number of benzene rings is 2.